The molecule has 3 heterocycles. The van der Waals surface area contributed by atoms with E-state index < -0.39 is 11.4 Å². The Labute approximate surface area is 134 Å². The van der Waals surface area contributed by atoms with E-state index in [0.29, 0.717) is 32.7 Å². The van der Waals surface area contributed by atoms with Crippen molar-refractivity contribution in [3.63, 3.8) is 0 Å². The van der Waals surface area contributed by atoms with Gasteiger partial charge in [-0.05, 0) is 18.6 Å². The summed E-state index contributed by atoms with van der Waals surface area (Å²) in [4.78, 5) is 18.8. The number of carboxylic acid groups (broad SMARTS) is 1. The second-order valence-electron chi connectivity index (χ2n) is 6.73. The maximum absolute atomic E-state index is 11.9. The number of imidazole rings is 1. The van der Waals surface area contributed by atoms with Crippen molar-refractivity contribution in [2.75, 3.05) is 26.3 Å². The third-order valence-corrected chi connectivity index (χ3v) is 5.45. The molecule has 1 aromatic carbocycles. The molecule has 0 saturated carbocycles. The Kier molecular flexibility index (Phi) is 3.39. The minimum Gasteiger partial charge on any atom is -0.481 e. The van der Waals surface area contributed by atoms with Crippen LogP contribution in [-0.2, 0) is 23.1 Å². The number of aliphatic carboxylic acids is 1. The van der Waals surface area contributed by atoms with Gasteiger partial charge in [0.05, 0.1) is 29.6 Å². The van der Waals surface area contributed by atoms with Crippen molar-refractivity contribution in [2.24, 2.45) is 18.4 Å². The van der Waals surface area contributed by atoms with E-state index in [-0.39, 0.29) is 5.92 Å². The van der Waals surface area contributed by atoms with Crippen molar-refractivity contribution in [1.82, 2.24) is 14.5 Å². The van der Waals surface area contributed by atoms with Crippen molar-refractivity contribution in [2.45, 2.75) is 13.0 Å². The zero-order valence-electron chi connectivity index (χ0n) is 13.2. The lowest BCUT2D eigenvalue weighted by molar-refractivity contribution is -0.157. The largest absolute Gasteiger partial charge is 0.481 e. The number of hydrogen-bond donors (Lipinski definition) is 1. The molecule has 6 heteroatoms. The molecular formula is C17H21N3O3. The molecule has 122 valence electrons. The monoisotopic (exact) mass is 315 g/mol. The maximum atomic E-state index is 11.9. The molecule has 0 aliphatic carbocycles. The summed E-state index contributed by atoms with van der Waals surface area (Å²) < 4.78 is 7.62. The number of nitrogens with zero attached hydrogens (tertiary/aromatic N) is 3. The highest BCUT2D eigenvalue weighted by atomic mass is 16.5. The summed E-state index contributed by atoms with van der Waals surface area (Å²) in [6.07, 6.45) is 0.603. The summed E-state index contributed by atoms with van der Waals surface area (Å²) in [6.45, 7) is 3.11. The van der Waals surface area contributed by atoms with Crippen molar-refractivity contribution in [3.8, 4) is 0 Å². The van der Waals surface area contributed by atoms with E-state index in [1.54, 1.807) is 0 Å². The van der Waals surface area contributed by atoms with Gasteiger partial charge in [0.1, 0.15) is 5.82 Å². The summed E-state index contributed by atoms with van der Waals surface area (Å²) in [6, 6.07) is 8.06. The van der Waals surface area contributed by atoms with Crippen LogP contribution in [0, 0.1) is 11.3 Å². The molecule has 23 heavy (non-hydrogen) atoms. The van der Waals surface area contributed by atoms with E-state index in [2.05, 4.69) is 15.5 Å². The molecule has 0 unspecified atom stereocenters. The zero-order valence-corrected chi connectivity index (χ0v) is 13.2. The highest BCUT2D eigenvalue weighted by Gasteiger charge is 2.53. The number of carboxylic acids is 1. The summed E-state index contributed by atoms with van der Waals surface area (Å²) in [7, 11) is 2.02. The summed E-state index contributed by atoms with van der Waals surface area (Å²) >= 11 is 0. The van der Waals surface area contributed by atoms with Gasteiger partial charge in [-0.3, -0.25) is 9.69 Å². The van der Waals surface area contributed by atoms with E-state index in [1.807, 2.05) is 25.2 Å². The van der Waals surface area contributed by atoms with Gasteiger partial charge in [-0.25, -0.2) is 4.98 Å². The molecule has 2 aliphatic rings. The number of rotatable bonds is 3. The Morgan fingerprint density at radius 2 is 2.30 bits per heavy atom. The van der Waals surface area contributed by atoms with E-state index in [4.69, 9.17) is 9.72 Å². The predicted molar refractivity (Wildman–Crippen MR) is 85.0 cm³/mol. The predicted octanol–water partition coefficient (Wildman–Crippen LogP) is 1.50. The van der Waals surface area contributed by atoms with Crippen molar-refractivity contribution in [3.05, 3.63) is 30.1 Å². The fourth-order valence-electron chi connectivity index (χ4n) is 4.06. The normalized spacial score (nSPS) is 28.1. The van der Waals surface area contributed by atoms with Crippen LogP contribution in [-0.4, -0.2) is 51.8 Å². The SMILES string of the molecule is Cn1c(CN2C[C@@H]3COCC[C@]3(C(=O)O)C2)nc2ccccc21. The molecule has 0 amide bonds. The van der Waals surface area contributed by atoms with Crippen LogP contribution >= 0.6 is 0 Å². The molecular weight excluding hydrogens is 294 g/mol. The van der Waals surface area contributed by atoms with Gasteiger partial charge >= 0.3 is 5.97 Å². The molecule has 6 nitrogen and oxygen atoms in total. The lowest BCUT2D eigenvalue weighted by Crippen LogP contribution is -2.44. The van der Waals surface area contributed by atoms with Crippen LogP contribution in [0.3, 0.4) is 0 Å². The van der Waals surface area contributed by atoms with Crippen molar-refractivity contribution >= 4 is 17.0 Å². The van der Waals surface area contributed by atoms with Crippen molar-refractivity contribution < 1.29 is 14.6 Å². The quantitative estimate of drug-likeness (QED) is 0.929. The Morgan fingerprint density at radius 1 is 1.48 bits per heavy atom. The first-order chi connectivity index (χ1) is 11.1. The lowest BCUT2D eigenvalue weighted by Gasteiger charge is -2.34. The van der Waals surface area contributed by atoms with Crippen LogP contribution in [0.1, 0.15) is 12.2 Å². The fraction of sp³-hybridized carbons (Fsp3) is 0.529. The molecule has 2 fully saturated rings. The Morgan fingerprint density at radius 3 is 3.04 bits per heavy atom. The molecule has 2 aromatic rings. The van der Waals surface area contributed by atoms with Crippen LogP contribution in [0.15, 0.2) is 24.3 Å². The number of para-hydroxylation sites is 2. The highest BCUT2D eigenvalue weighted by Crippen LogP contribution is 2.42. The molecule has 0 spiro atoms. The summed E-state index contributed by atoms with van der Waals surface area (Å²) in [5, 5.41) is 9.75. The smallest absolute Gasteiger partial charge is 0.311 e. The lowest BCUT2D eigenvalue weighted by atomic mass is 9.74. The molecule has 0 radical (unpaired) electrons. The van der Waals surface area contributed by atoms with Crippen LogP contribution < -0.4 is 0 Å². The maximum Gasteiger partial charge on any atom is 0.311 e. The Balaban J connectivity index is 1.60. The van der Waals surface area contributed by atoms with Crippen LogP contribution in [0.5, 0.6) is 0 Å². The fourth-order valence-corrected chi connectivity index (χ4v) is 4.06. The molecule has 2 aliphatic heterocycles. The van der Waals surface area contributed by atoms with Gasteiger partial charge in [0.2, 0.25) is 0 Å². The topological polar surface area (TPSA) is 67.6 Å². The van der Waals surface area contributed by atoms with E-state index in [0.717, 1.165) is 23.4 Å². The third kappa shape index (κ3) is 2.24. The minimum atomic E-state index is -0.682. The molecule has 0 bridgehead atoms. The molecule has 1 N–H and O–H groups in total. The minimum absolute atomic E-state index is 0.0726. The van der Waals surface area contributed by atoms with E-state index >= 15 is 0 Å². The second kappa shape index (κ2) is 5.32. The number of likely N-dealkylation sites (tertiary alicyclic amines) is 1. The van der Waals surface area contributed by atoms with Crippen LogP contribution in [0.2, 0.25) is 0 Å². The van der Waals surface area contributed by atoms with E-state index in [1.165, 1.54) is 0 Å². The van der Waals surface area contributed by atoms with Gasteiger partial charge in [0.25, 0.3) is 0 Å². The zero-order chi connectivity index (χ0) is 16.0. The molecule has 1 aromatic heterocycles. The first kappa shape index (κ1) is 14.7. The molecule has 4 rings (SSSR count). The van der Waals surface area contributed by atoms with Gasteiger partial charge in [-0.1, -0.05) is 12.1 Å². The number of fused-ring (bicyclic) bond motifs is 2. The number of aromatic nitrogens is 2. The summed E-state index contributed by atoms with van der Waals surface area (Å²) in [5.41, 5.74) is 1.44. The van der Waals surface area contributed by atoms with Gasteiger partial charge in [-0.15, -0.1) is 0 Å². The molecule has 2 saturated heterocycles. The average molecular weight is 315 g/mol. The number of carbonyl (C=O) groups is 1. The highest BCUT2D eigenvalue weighted by molar-refractivity contribution is 5.76. The first-order valence-electron chi connectivity index (χ1n) is 8.04. The van der Waals surface area contributed by atoms with Crippen molar-refractivity contribution in [1.29, 1.82) is 0 Å². The first-order valence-corrected chi connectivity index (χ1v) is 8.04. The standard InChI is InChI=1S/C17H21N3O3/c1-19-14-5-3-2-4-13(14)18-15(19)9-20-8-12-10-23-7-6-17(12,11-20)16(21)22/h2-5,12H,6-11H2,1H3,(H,21,22)/t12-,17+/m1/s1. The van der Waals surface area contributed by atoms with Crippen LogP contribution in [0.25, 0.3) is 11.0 Å². The number of aryl methyl sites for hydroxylation is 1. The van der Waals surface area contributed by atoms with Gasteiger partial charge < -0.3 is 14.4 Å². The van der Waals surface area contributed by atoms with E-state index in [9.17, 15) is 9.90 Å². The third-order valence-electron chi connectivity index (χ3n) is 5.45. The number of ether oxygens (including phenoxy) is 1. The Hall–Kier alpha value is -1.92. The van der Waals surface area contributed by atoms with Gasteiger partial charge in [0, 0.05) is 32.7 Å². The number of benzene rings is 1. The van der Waals surface area contributed by atoms with Gasteiger partial charge in [-0.2, -0.15) is 0 Å². The average Bonchev–Trinajstić information content (AvgIpc) is 3.07. The summed E-state index contributed by atoms with van der Waals surface area (Å²) in [5.74, 6) is 0.369. The van der Waals surface area contributed by atoms with Gasteiger partial charge in [0.15, 0.2) is 0 Å². The van der Waals surface area contributed by atoms with Crippen LogP contribution in [0.4, 0.5) is 0 Å². The Bertz CT molecular complexity index is 757. The molecule has 2 atom stereocenters. The number of hydrogen-bond acceptors (Lipinski definition) is 4. The second-order valence-corrected chi connectivity index (χ2v) is 6.73.